The quantitative estimate of drug-likeness (QED) is 0.569. The molecule has 24 heavy (non-hydrogen) atoms. The van der Waals surface area contributed by atoms with Gasteiger partial charge in [0.05, 0.1) is 11.4 Å². The van der Waals surface area contributed by atoms with Gasteiger partial charge in [-0.15, -0.1) is 0 Å². The molecule has 4 aromatic rings. The number of rotatable bonds is 2. The van der Waals surface area contributed by atoms with E-state index in [9.17, 15) is 0 Å². The van der Waals surface area contributed by atoms with E-state index in [0.29, 0.717) is 5.15 Å². The zero-order chi connectivity index (χ0) is 16.1. The second-order valence-corrected chi connectivity index (χ2v) is 5.92. The third-order valence-corrected chi connectivity index (χ3v) is 4.30. The third-order valence-electron chi connectivity index (χ3n) is 4.09. The van der Waals surface area contributed by atoms with Crippen LogP contribution < -0.4 is 5.32 Å². The number of nitrogens with one attached hydrogen (secondary N) is 1. The van der Waals surface area contributed by atoms with Crippen molar-refractivity contribution in [3.8, 4) is 22.6 Å². The van der Waals surface area contributed by atoms with Crippen LogP contribution in [0.25, 0.3) is 28.3 Å². The van der Waals surface area contributed by atoms with Crippen molar-refractivity contribution in [2.75, 3.05) is 11.9 Å². The van der Waals surface area contributed by atoms with Crippen LogP contribution in [0.5, 0.6) is 0 Å². The van der Waals surface area contributed by atoms with Crippen LogP contribution in [0.4, 0.5) is 5.95 Å². The number of anilines is 1. The first kappa shape index (κ1) is 13.5. The van der Waals surface area contributed by atoms with Crippen molar-refractivity contribution < 1.29 is 0 Å². The van der Waals surface area contributed by atoms with Crippen LogP contribution in [0, 0.1) is 0 Å². The molecule has 0 fully saturated rings. The molecular formula is C16H12ClN7. The zero-order valence-corrected chi connectivity index (χ0v) is 13.3. The Morgan fingerprint density at radius 1 is 1.12 bits per heavy atom. The van der Waals surface area contributed by atoms with E-state index in [1.54, 1.807) is 16.9 Å². The molecule has 7 nitrogen and oxygen atoms in total. The Bertz CT molecular complexity index is 1070. The fourth-order valence-corrected chi connectivity index (χ4v) is 3.22. The molecule has 0 aliphatic carbocycles. The summed E-state index contributed by atoms with van der Waals surface area (Å²) in [4.78, 5) is 13.3. The molecule has 118 valence electrons. The van der Waals surface area contributed by atoms with Crippen LogP contribution in [0.1, 0.15) is 0 Å². The van der Waals surface area contributed by atoms with Crippen molar-refractivity contribution in [1.29, 1.82) is 0 Å². The number of hydrogen-bond donors (Lipinski definition) is 1. The van der Waals surface area contributed by atoms with Gasteiger partial charge in [-0.1, -0.05) is 17.7 Å². The largest absolute Gasteiger partial charge is 0.354 e. The van der Waals surface area contributed by atoms with Crippen LogP contribution in [-0.2, 0) is 6.54 Å². The minimum Gasteiger partial charge on any atom is -0.354 e. The molecule has 1 aliphatic rings. The Morgan fingerprint density at radius 2 is 2.08 bits per heavy atom. The van der Waals surface area contributed by atoms with Crippen LogP contribution in [0.3, 0.4) is 0 Å². The van der Waals surface area contributed by atoms with E-state index >= 15 is 0 Å². The molecule has 0 radical (unpaired) electrons. The first-order valence-corrected chi connectivity index (χ1v) is 7.94. The van der Waals surface area contributed by atoms with Crippen molar-refractivity contribution in [3.05, 3.63) is 48.0 Å². The van der Waals surface area contributed by atoms with Gasteiger partial charge in [0.1, 0.15) is 17.2 Å². The Balaban J connectivity index is 1.77. The van der Waals surface area contributed by atoms with E-state index in [1.807, 2.05) is 30.5 Å². The van der Waals surface area contributed by atoms with Crippen LogP contribution in [0.15, 0.2) is 42.9 Å². The molecule has 0 bridgehead atoms. The average Bonchev–Trinajstić information content (AvgIpc) is 3.29. The fraction of sp³-hybridized carbons (Fsp3) is 0.125. The van der Waals surface area contributed by atoms with Crippen molar-refractivity contribution >= 4 is 23.2 Å². The van der Waals surface area contributed by atoms with Gasteiger partial charge < -0.3 is 9.88 Å². The fourth-order valence-electron chi connectivity index (χ4n) is 3.05. The van der Waals surface area contributed by atoms with E-state index in [-0.39, 0.29) is 0 Å². The Hall–Kier alpha value is -2.93. The topological polar surface area (TPSA) is 72.9 Å². The van der Waals surface area contributed by atoms with Crippen molar-refractivity contribution in [3.63, 3.8) is 0 Å². The lowest BCUT2D eigenvalue weighted by Crippen LogP contribution is -2.00. The predicted molar refractivity (Wildman–Crippen MR) is 90.9 cm³/mol. The molecule has 8 heteroatoms. The normalized spacial score (nSPS) is 13.2. The molecule has 4 aromatic heterocycles. The highest BCUT2D eigenvalue weighted by Gasteiger charge is 2.24. The lowest BCUT2D eigenvalue weighted by molar-refractivity contribution is 0.815. The summed E-state index contributed by atoms with van der Waals surface area (Å²) in [5.74, 6) is 0.848. The van der Waals surface area contributed by atoms with Gasteiger partial charge in [0.25, 0.3) is 0 Å². The Labute approximate surface area is 142 Å². The SMILES string of the molecule is Clc1cccc(-c2nc3n(c2-c2ccc4ncnn4c2)CCN3)n1. The van der Waals surface area contributed by atoms with E-state index in [1.165, 1.54) is 0 Å². The van der Waals surface area contributed by atoms with Gasteiger partial charge in [-0.25, -0.2) is 19.5 Å². The van der Waals surface area contributed by atoms with Gasteiger partial charge in [-0.05, 0) is 24.3 Å². The van der Waals surface area contributed by atoms with Gasteiger partial charge in [0.15, 0.2) is 5.65 Å². The number of pyridine rings is 2. The Kier molecular flexibility index (Phi) is 2.83. The van der Waals surface area contributed by atoms with Crippen LogP contribution >= 0.6 is 11.6 Å². The predicted octanol–water partition coefficient (Wildman–Crippen LogP) is 2.73. The summed E-state index contributed by atoms with van der Waals surface area (Å²) in [6, 6.07) is 9.53. The summed E-state index contributed by atoms with van der Waals surface area (Å²) in [5.41, 5.74) is 4.37. The molecule has 5 rings (SSSR count). The standard InChI is InChI=1S/C16H12ClN7/c17-12-3-1-2-11(21-12)14-15(23-7-6-18-16(23)22-14)10-4-5-13-19-9-20-24(13)8-10/h1-5,8-9H,6-7H2,(H,18,22). The van der Waals surface area contributed by atoms with E-state index in [2.05, 4.69) is 25.0 Å². The minimum absolute atomic E-state index is 0.450. The van der Waals surface area contributed by atoms with Gasteiger partial charge >= 0.3 is 0 Å². The monoisotopic (exact) mass is 337 g/mol. The lowest BCUT2D eigenvalue weighted by atomic mass is 10.1. The molecule has 5 heterocycles. The molecular weight excluding hydrogens is 326 g/mol. The number of fused-ring (bicyclic) bond motifs is 2. The van der Waals surface area contributed by atoms with Crippen LogP contribution in [0.2, 0.25) is 5.15 Å². The molecule has 0 unspecified atom stereocenters. The molecule has 1 N–H and O–H groups in total. The maximum atomic E-state index is 6.07. The maximum Gasteiger partial charge on any atom is 0.204 e. The van der Waals surface area contributed by atoms with Gasteiger partial charge in [-0.2, -0.15) is 5.10 Å². The number of hydrogen-bond acceptors (Lipinski definition) is 5. The molecule has 0 saturated carbocycles. The number of aromatic nitrogens is 6. The highest BCUT2D eigenvalue weighted by Crippen LogP contribution is 2.35. The number of halogens is 1. The number of nitrogens with zero attached hydrogens (tertiary/aromatic N) is 6. The van der Waals surface area contributed by atoms with E-state index in [0.717, 1.165) is 47.3 Å². The highest BCUT2D eigenvalue weighted by atomic mass is 35.5. The minimum atomic E-state index is 0.450. The van der Waals surface area contributed by atoms with Gasteiger partial charge in [-0.3, -0.25) is 0 Å². The highest BCUT2D eigenvalue weighted by molar-refractivity contribution is 6.29. The van der Waals surface area contributed by atoms with E-state index in [4.69, 9.17) is 16.6 Å². The zero-order valence-electron chi connectivity index (χ0n) is 12.5. The first-order valence-electron chi connectivity index (χ1n) is 7.57. The molecule has 0 spiro atoms. The van der Waals surface area contributed by atoms with E-state index < -0.39 is 0 Å². The molecule has 0 atom stereocenters. The summed E-state index contributed by atoms with van der Waals surface area (Å²) < 4.78 is 3.92. The first-order chi connectivity index (χ1) is 11.8. The van der Waals surface area contributed by atoms with Crippen molar-refractivity contribution in [2.24, 2.45) is 0 Å². The average molecular weight is 338 g/mol. The molecule has 0 saturated heterocycles. The second kappa shape index (κ2) is 5.04. The summed E-state index contributed by atoms with van der Waals surface area (Å²) in [6.45, 7) is 1.72. The lowest BCUT2D eigenvalue weighted by Gasteiger charge is -2.08. The van der Waals surface area contributed by atoms with Gasteiger partial charge in [0.2, 0.25) is 5.95 Å². The Morgan fingerprint density at radius 3 is 3.00 bits per heavy atom. The summed E-state index contributed by atoms with van der Waals surface area (Å²) in [6.07, 6.45) is 3.50. The maximum absolute atomic E-state index is 6.07. The summed E-state index contributed by atoms with van der Waals surface area (Å²) >= 11 is 6.07. The molecule has 0 aromatic carbocycles. The molecule has 0 amide bonds. The van der Waals surface area contributed by atoms with Crippen LogP contribution in [-0.4, -0.2) is 35.7 Å². The summed E-state index contributed by atoms with van der Waals surface area (Å²) in [7, 11) is 0. The van der Waals surface area contributed by atoms with Gasteiger partial charge in [0, 0.05) is 24.8 Å². The van der Waals surface area contributed by atoms with Crippen molar-refractivity contribution in [2.45, 2.75) is 6.54 Å². The second-order valence-electron chi connectivity index (χ2n) is 5.54. The van der Waals surface area contributed by atoms with Crippen molar-refractivity contribution in [1.82, 2.24) is 29.1 Å². The smallest absolute Gasteiger partial charge is 0.204 e. The third kappa shape index (κ3) is 1.98. The summed E-state index contributed by atoms with van der Waals surface area (Å²) in [5, 5.41) is 7.98. The molecule has 1 aliphatic heterocycles. The number of imidazole rings is 1.